The average molecular weight is 341 g/mol. The van der Waals surface area contributed by atoms with Gasteiger partial charge in [0.2, 0.25) is 5.91 Å². The molecule has 0 radical (unpaired) electrons. The van der Waals surface area contributed by atoms with Crippen molar-refractivity contribution in [2.24, 2.45) is 0 Å². The third-order valence-electron chi connectivity index (χ3n) is 3.74. The number of amides is 1. The first-order chi connectivity index (χ1) is 12.1. The maximum atomic E-state index is 11.9. The molecule has 0 saturated heterocycles. The average Bonchev–Trinajstić information content (AvgIpc) is 2.65. The van der Waals surface area contributed by atoms with Crippen LogP contribution in [0.1, 0.15) is 35.7 Å². The third kappa shape index (κ3) is 5.95. The van der Waals surface area contributed by atoms with Gasteiger partial charge in [0.25, 0.3) is 0 Å². The van der Waals surface area contributed by atoms with Gasteiger partial charge in [-0.25, -0.2) is 4.79 Å². The molecule has 0 saturated carbocycles. The van der Waals surface area contributed by atoms with Gasteiger partial charge in [-0.15, -0.1) is 0 Å². The van der Waals surface area contributed by atoms with Crippen LogP contribution in [0.2, 0.25) is 0 Å². The molecule has 0 unspecified atom stereocenters. The molecule has 0 spiro atoms. The Morgan fingerprint density at radius 2 is 1.68 bits per heavy atom. The van der Waals surface area contributed by atoms with Gasteiger partial charge in [-0.2, -0.15) is 0 Å². The fraction of sp³-hybridized carbons (Fsp3) is 0.300. The van der Waals surface area contributed by atoms with Crippen molar-refractivity contribution in [2.45, 2.75) is 26.2 Å². The highest BCUT2D eigenvalue weighted by Crippen LogP contribution is 2.14. The molecule has 0 fully saturated rings. The van der Waals surface area contributed by atoms with Crippen molar-refractivity contribution >= 4 is 17.6 Å². The summed E-state index contributed by atoms with van der Waals surface area (Å²) in [6, 6.07) is 14.6. The summed E-state index contributed by atoms with van der Waals surface area (Å²) in [7, 11) is 1.33. The standard InChI is InChI=1S/C20H23NO4/c1-3-15-6-12-18(13-7-15)25-14-4-5-19(22)21-17-10-8-16(9-11-17)20(23)24-2/h6-13H,3-5,14H2,1-2H3,(H,21,22). The topological polar surface area (TPSA) is 64.6 Å². The van der Waals surface area contributed by atoms with E-state index in [2.05, 4.69) is 17.0 Å². The van der Waals surface area contributed by atoms with Crippen LogP contribution < -0.4 is 10.1 Å². The number of esters is 1. The van der Waals surface area contributed by atoms with Gasteiger partial charge in [0.15, 0.2) is 0 Å². The van der Waals surface area contributed by atoms with E-state index in [4.69, 9.17) is 4.74 Å². The number of hydrogen-bond acceptors (Lipinski definition) is 4. The molecule has 1 N–H and O–H groups in total. The molecule has 0 aliphatic heterocycles. The van der Waals surface area contributed by atoms with Crippen LogP contribution in [-0.4, -0.2) is 25.6 Å². The quantitative estimate of drug-likeness (QED) is 0.585. The van der Waals surface area contributed by atoms with Crippen LogP contribution in [0, 0.1) is 0 Å². The van der Waals surface area contributed by atoms with E-state index < -0.39 is 5.97 Å². The minimum atomic E-state index is -0.401. The summed E-state index contributed by atoms with van der Waals surface area (Å²) in [6.07, 6.45) is 1.99. The minimum Gasteiger partial charge on any atom is -0.494 e. The third-order valence-corrected chi connectivity index (χ3v) is 3.74. The van der Waals surface area contributed by atoms with Crippen LogP contribution in [0.25, 0.3) is 0 Å². The molecule has 2 aromatic carbocycles. The van der Waals surface area contributed by atoms with Gasteiger partial charge in [-0.05, 0) is 54.8 Å². The van der Waals surface area contributed by atoms with Crippen molar-refractivity contribution < 1.29 is 19.1 Å². The first-order valence-corrected chi connectivity index (χ1v) is 8.32. The van der Waals surface area contributed by atoms with Crippen LogP contribution in [0.4, 0.5) is 5.69 Å². The molecule has 2 aromatic rings. The first-order valence-electron chi connectivity index (χ1n) is 8.32. The Balaban J connectivity index is 1.70. The Hall–Kier alpha value is -2.82. The zero-order valence-electron chi connectivity index (χ0n) is 14.6. The van der Waals surface area contributed by atoms with E-state index in [1.807, 2.05) is 24.3 Å². The van der Waals surface area contributed by atoms with Crippen LogP contribution in [0.5, 0.6) is 5.75 Å². The predicted octanol–water partition coefficient (Wildman–Crippen LogP) is 3.83. The maximum absolute atomic E-state index is 11.9. The van der Waals surface area contributed by atoms with Gasteiger partial charge in [0.05, 0.1) is 19.3 Å². The van der Waals surface area contributed by atoms with Gasteiger partial charge in [-0.3, -0.25) is 4.79 Å². The molecular formula is C20H23NO4. The SMILES string of the molecule is CCc1ccc(OCCCC(=O)Nc2ccc(C(=O)OC)cc2)cc1. The van der Waals surface area contributed by atoms with Gasteiger partial charge in [0.1, 0.15) is 5.75 Å². The first kappa shape index (κ1) is 18.5. The Morgan fingerprint density at radius 3 is 2.28 bits per heavy atom. The molecule has 0 aromatic heterocycles. The Morgan fingerprint density at radius 1 is 1.00 bits per heavy atom. The molecule has 2 rings (SSSR count). The summed E-state index contributed by atoms with van der Waals surface area (Å²) < 4.78 is 10.3. The highest BCUT2D eigenvalue weighted by molar-refractivity contribution is 5.93. The summed E-state index contributed by atoms with van der Waals surface area (Å²) in [5.74, 6) is 0.328. The molecule has 5 heteroatoms. The predicted molar refractivity (Wildman–Crippen MR) is 97.0 cm³/mol. The zero-order valence-corrected chi connectivity index (χ0v) is 14.6. The van der Waals surface area contributed by atoms with E-state index in [0.717, 1.165) is 12.2 Å². The summed E-state index contributed by atoms with van der Waals surface area (Å²) in [4.78, 5) is 23.3. The second kappa shape index (κ2) is 9.47. The number of rotatable bonds is 8. The largest absolute Gasteiger partial charge is 0.494 e. The van der Waals surface area contributed by atoms with Gasteiger partial charge in [0, 0.05) is 12.1 Å². The number of aryl methyl sites for hydroxylation is 1. The molecule has 5 nitrogen and oxygen atoms in total. The van der Waals surface area contributed by atoms with Crippen LogP contribution in [-0.2, 0) is 16.0 Å². The highest BCUT2D eigenvalue weighted by atomic mass is 16.5. The number of anilines is 1. The maximum Gasteiger partial charge on any atom is 0.337 e. The number of benzene rings is 2. The van der Waals surface area contributed by atoms with Gasteiger partial charge >= 0.3 is 5.97 Å². The second-order valence-corrected chi connectivity index (χ2v) is 5.57. The summed E-state index contributed by atoms with van der Waals surface area (Å²) in [5, 5.41) is 2.79. The molecular weight excluding hydrogens is 318 g/mol. The number of carbonyl (C=O) groups excluding carboxylic acids is 2. The Labute approximate surface area is 148 Å². The van der Waals surface area contributed by atoms with Crippen molar-refractivity contribution in [2.75, 3.05) is 19.0 Å². The Bertz CT molecular complexity index is 693. The number of ether oxygens (including phenoxy) is 2. The fourth-order valence-electron chi connectivity index (χ4n) is 2.28. The molecule has 0 atom stereocenters. The van der Waals surface area contributed by atoms with Crippen LogP contribution in [0.3, 0.4) is 0 Å². The molecule has 1 amide bonds. The highest BCUT2D eigenvalue weighted by Gasteiger charge is 2.06. The van der Waals surface area contributed by atoms with Crippen molar-refractivity contribution in [3.05, 3.63) is 59.7 Å². The zero-order chi connectivity index (χ0) is 18.1. The monoisotopic (exact) mass is 341 g/mol. The Kier molecular flexibility index (Phi) is 7.01. The molecule has 25 heavy (non-hydrogen) atoms. The minimum absolute atomic E-state index is 0.0873. The molecule has 0 bridgehead atoms. The van der Waals surface area contributed by atoms with Crippen molar-refractivity contribution in [3.63, 3.8) is 0 Å². The van der Waals surface area contributed by atoms with E-state index in [0.29, 0.717) is 30.7 Å². The summed E-state index contributed by atoms with van der Waals surface area (Å²) in [6.45, 7) is 2.59. The molecule has 132 valence electrons. The summed E-state index contributed by atoms with van der Waals surface area (Å²) >= 11 is 0. The van der Waals surface area contributed by atoms with Crippen molar-refractivity contribution in [3.8, 4) is 5.75 Å². The summed E-state index contributed by atoms with van der Waals surface area (Å²) in [5.41, 5.74) is 2.36. The molecule has 0 heterocycles. The lowest BCUT2D eigenvalue weighted by Gasteiger charge is -2.08. The smallest absolute Gasteiger partial charge is 0.337 e. The lowest BCUT2D eigenvalue weighted by atomic mass is 10.2. The van der Waals surface area contributed by atoms with E-state index in [9.17, 15) is 9.59 Å². The van der Waals surface area contributed by atoms with Crippen LogP contribution in [0.15, 0.2) is 48.5 Å². The molecule has 0 aliphatic carbocycles. The number of carbonyl (C=O) groups is 2. The lowest BCUT2D eigenvalue weighted by Crippen LogP contribution is -2.13. The van der Waals surface area contributed by atoms with Crippen LogP contribution >= 0.6 is 0 Å². The lowest BCUT2D eigenvalue weighted by molar-refractivity contribution is -0.116. The van der Waals surface area contributed by atoms with Gasteiger partial charge < -0.3 is 14.8 Å². The fourth-order valence-corrected chi connectivity index (χ4v) is 2.28. The number of hydrogen-bond donors (Lipinski definition) is 1. The van der Waals surface area contributed by atoms with Gasteiger partial charge in [-0.1, -0.05) is 19.1 Å². The second-order valence-electron chi connectivity index (χ2n) is 5.57. The van der Waals surface area contributed by atoms with Crippen molar-refractivity contribution in [1.29, 1.82) is 0 Å². The number of nitrogens with one attached hydrogen (secondary N) is 1. The number of methoxy groups -OCH3 is 1. The van der Waals surface area contributed by atoms with E-state index in [1.165, 1.54) is 12.7 Å². The van der Waals surface area contributed by atoms with E-state index in [-0.39, 0.29) is 5.91 Å². The van der Waals surface area contributed by atoms with E-state index in [1.54, 1.807) is 24.3 Å². The van der Waals surface area contributed by atoms with Crippen molar-refractivity contribution in [1.82, 2.24) is 0 Å². The normalized spacial score (nSPS) is 10.2. The molecule has 0 aliphatic rings. The van der Waals surface area contributed by atoms with E-state index >= 15 is 0 Å².